The average Bonchev–Trinajstić information content (AvgIpc) is 3.62. The Morgan fingerprint density at radius 2 is 0.907 bits per heavy atom. The molecule has 0 fully saturated rings. The lowest BCUT2D eigenvalue weighted by Gasteiger charge is -2.26. The fourth-order valence-corrected chi connectivity index (χ4v) is 8.47. The molecule has 0 aliphatic carbocycles. The van der Waals surface area contributed by atoms with E-state index in [1.807, 2.05) is 12.1 Å². The molecule has 11 aromatic rings. The Morgan fingerprint density at radius 1 is 0.296 bits per heavy atom. The first-order valence-electron chi connectivity index (χ1n) is 18.5. The number of anilines is 3. The van der Waals surface area contributed by atoms with Crippen LogP contribution in [0.25, 0.3) is 87.3 Å². The molecule has 0 saturated carbocycles. The zero-order valence-corrected chi connectivity index (χ0v) is 29.4. The van der Waals surface area contributed by atoms with Crippen LogP contribution in [0, 0.1) is 0 Å². The standard InChI is InChI=1S/C52H33NO/c1-2-11-34(12-3-1)38-15-10-16-41(31-38)53(42-28-30-50-48(33-42)45-19-8-9-20-49(45)54-50)40-26-23-37(24-27-40)47-32-39-22-21-35-13-4-6-17-43(35)51(39)52-44-18-7-5-14-36(44)25-29-46(47)52/h1-33H. The number of rotatable bonds is 5. The van der Waals surface area contributed by atoms with Crippen LogP contribution >= 0.6 is 0 Å². The van der Waals surface area contributed by atoms with Gasteiger partial charge in [0.2, 0.25) is 0 Å². The molecule has 11 rings (SSSR count). The molecule has 1 heterocycles. The maximum Gasteiger partial charge on any atom is 0.135 e. The second-order valence-electron chi connectivity index (χ2n) is 14.1. The normalized spacial score (nSPS) is 11.7. The Balaban J connectivity index is 1.11. The summed E-state index contributed by atoms with van der Waals surface area (Å²) in [5, 5.41) is 12.4. The Hall–Kier alpha value is -7.16. The lowest BCUT2D eigenvalue weighted by atomic mass is 9.88. The van der Waals surface area contributed by atoms with Crippen molar-refractivity contribution in [2.75, 3.05) is 4.90 Å². The maximum absolute atomic E-state index is 6.24. The summed E-state index contributed by atoms with van der Waals surface area (Å²) >= 11 is 0. The summed E-state index contributed by atoms with van der Waals surface area (Å²) in [5.41, 5.74) is 9.80. The highest BCUT2D eigenvalue weighted by atomic mass is 16.3. The molecule has 54 heavy (non-hydrogen) atoms. The van der Waals surface area contributed by atoms with Crippen LogP contribution in [0.2, 0.25) is 0 Å². The monoisotopic (exact) mass is 687 g/mol. The van der Waals surface area contributed by atoms with Crippen LogP contribution in [0.5, 0.6) is 0 Å². The maximum atomic E-state index is 6.24. The lowest BCUT2D eigenvalue weighted by molar-refractivity contribution is 0.669. The third-order valence-electron chi connectivity index (χ3n) is 11.0. The van der Waals surface area contributed by atoms with E-state index in [1.165, 1.54) is 65.3 Å². The molecule has 2 heteroatoms. The van der Waals surface area contributed by atoms with E-state index in [2.05, 4.69) is 193 Å². The van der Waals surface area contributed by atoms with Crippen molar-refractivity contribution in [2.45, 2.75) is 0 Å². The fraction of sp³-hybridized carbons (Fsp3) is 0. The van der Waals surface area contributed by atoms with Crippen molar-refractivity contribution in [3.63, 3.8) is 0 Å². The predicted octanol–water partition coefficient (Wildman–Crippen LogP) is 15.0. The van der Waals surface area contributed by atoms with Gasteiger partial charge in [0.1, 0.15) is 11.2 Å². The van der Waals surface area contributed by atoms with Crippen molar-refractivity contribution in [2.24, 2.45) is 0 Å². The van der Waals surface area contributed by atoms with Crippen LogP contribution in [0.4, 0.5) is 17.1 Å². The van der Waals surface area contributed by atoms with Crippen LogP contribution in [-0.2, 0) is 0 Å². The first kappa shape index (κ1) is 30.5. The van der Waals surface area contributed by atoms with Crippen molar-refractivity contribution in [1.82, 2.24) is 0 Å². The predicted molar refractivity (Wildman–Crippen MR) is 229 cm³/mol. The summed E-state index contributed by atoms with van der Waals surface area (Å²) in [6, 6.07) is 72.3. The Kier molecular flexibility index (Phi) is 6.90. The van der Waals surface area contributed by atoms with Crippen molar-refractivity contribution >= 4 is 82.1 Å². The smallest absolute Gasteiger partial charge is 0.135 e. The van der Waals surface area contributed by atoms with E-state index in [0.717, 1.165) is 39.0 Å². The molecule has 252 valence electrons. The van der Waals surface area contributed by atoms with Gasteiger partial charge in [-0.1, -0.05) is 146 Å². The molecule has 0 radical (unpaired) electrons. The average molecular weight is 688 g/mol. The largest absolute Gasteiger partial charge is 0.456 e. The topological polar surface area (TPSA) is 16.4 Å². The van der Waals surface area contributed by atoms with Crippen LogP contribution in [0.1, 0.15) is 0 Å². The highest BCUT2D eigenvalue weighted by Gasteiger charge is 2.18. The molecule has 0 unspecified atom stereocenters. The number of fused-ring (bicyclic) bond motifs is 10. The van der Waals surface area contributed by atoms with E-state index in [-0.39, 0.29) is 0 Å². The zero-order valence-electron chi connectivity index (χ0n) is 29.4. The molecular formula is C52H33NO. The third kappa shape index (κ3) is 4.88. The van der Waals surface area contributed by atoms with Gasteiger partial charge in [-0.15, -0.1) is 0 Å². The lowest BCUT2D eigenvalue weighted by Crippen LogP contribution is -2.10. The van der Waals surface area contributed by atoms with Gasteiger partial charge in [0.25, 0.3) is 0 Å². The van der Waals surface area contributed by atoms with Gasteiger partial charge in [-0.3, -0.25) is 0 Å². The summed E-state index contributed by atoms with van der Waals surface area (Å²) in [4.78, 5) is 2.36. The molecule has 1 aromatic heterocycles. The second-order valence-corrected chi connectivity index (χ2v) is 14.1. The van der Waals surface area contributed by atoms with E-state index < -0.39 is 0 Å². The van der Waals surface area contributed by atoms with Crippen LogP contribution in [0.3, 0.4) is 0 Å². The number of furan rings is 1. The van der Waals surface area contributed by atoms with Gasteiger partial charge in [0, 0.05) is 27.8 Å². The second kappa shape index (κ2) is 12.2. The summed E-state index contributed by atoms with van der Waals surface area (Å²) in [6.07, 6.45) is 0. The van der Waals surface area contributed by atoms with Gasteiger partial charge in [0.05, 0.1) is 0 Å². The van der Waals surface area contributed by atoms with E-state index in [1.54, 1.807) is 0 Å². The first-order chi connectivity index (χ1) is 26.8. The van der Waals surface area contributed by atoms with Gasteiger partial charge in [-0.25, -0.2) is 0 Å². The molecule has 0 N–H and O–H groups in total. The summed E-state index contributed by atoms with van der Waals surface area (Å²) in [7, 11) is 0. The van der Waals surface area contributed by atoms with Gasteiger partial charge < -0.3 is 9.32 Å². The Labute approximate surface area is 312 Å². The minimum atomic E-state index is 0.886. The van der Waals surface area contributed by atoms with Crippen molar-refractivity contribution in [3.8, 4) is 22.3 Å². The molecule has 0 aliphatic heterocycles. The molecule has 10 aromatic carbocycles. The summed E-state index contributed by atoms with van der Waals surface area (Å²) in [5.74, 6) is 0. The van der Waals surface area contributed by atoms with Gasteiger partial charge >= 0.3 is 0 Å². The molecule has 0 atom stereocenters. The molecule has 0 saturated heterocycles. The van der Waals surface area contributed by atoms with E-state index in [4.69, 9.17) is 4.42 Å². The van der Waals surface area contributed by atoms with Crippen LogP contribution in [-0.4, -0.2) is 0 Å². The number of para-hydroxylation sites is 1. The molecule has 0 amide bonds. The van der Waals surface area contributed by atoms with Crippen molar-refractivity contribution in [1.29, 1.82) is 0 Å². The van der Waals surface area contributed by atoms with Crippen LogP contribution < -0.4 is 4.90 Å². The summed E-state index contributed by atoms with van der Waals surface area (Å²) in [6.45, 7) is 0. The molecule has 0 bridgehead atoms. The van der Waals surface area contributed by atoms with Gasteiger partial charge in [0.15, 0.2) is 0 Å². The quantitative estimate of drug-likeness (QED) is 0.168. The number of benzene rings is 10. The third-order valence-corrected chi connectivity index (χ3v) is 11.0. The minimum absolute atomic E-state index is 0.886. The molecule has 2 nitrogen and oxygen atoms in total. The summed E-state index contributed by atoms with van der Waals surface area (Å²) < 4.78 is 6.24. The molecule has 0 spiro atoms. The number of hydrogen-bond donors (Lipinski definition) is 0. The highest BCUT2D eigenvalue weighted by Crippen LogP contribution is 2.44. The Morgan fingerprint density at radius 3 is 1.72 bits per heavy atom. The number of hydrogen-bond acceptors (Lipinski definition) is 2. The minimum Gasteiger partial charge on any atom is -0.456 e. The highest BCUT2D eigenvalue weighted by molar-refractivity contribution is 6.30. The SMILES string of the molecule is c1ccc(-c2cccc(N(c3ccc(-c4cc5ccc6ccccc6c5c5c4ccc4ccccc45)cc3)c3ccc4oc5ccccc5c4c3)c2)cc1. The first-order valence-corrected chi connectivity index (χ1v) is 18.5. The van der Waals surface area contributed by atoms with Gasteiger partial charge in [-0.05, 0) is 120 Å². The van der Waals surface area contributed by atoms with Crippen molar-refractivity contribution in [3.05, 3.63) is 200 Å². The van der Waals surface area contributed by atoms with Crippen molar-refractivity contribution < 1.29 is 4.42 Å². The van der Waals surface area contributed by atoms with Gasteiger partial charge in [-0.2, -0.15) is 0 Å². The van der Waals surface area contributed by atoms with Crippen LogP contribution in [0.15, 0.2) is 205 Å². The van der Waals surface area contributed by atoms with E-state index in [9.17, 15) is 0 Å². The Bertz CT molecular complexity index is 3210. The van der Waals surface area contributed by atoms with E-state index in [0.29, 0.717) is 0 Å². The molecular weight excluding hydrogens is 655 g/mol. The number of nitrogens with zero attached hydrogens (tertiary/aromatic N) is 1. The molecule has 0 aliphatic rings. The zero-order chi connectivity index (χ0) is 35.6. The fourth-order valence-electron chi connectivity index (χ4n) is 8.47. The van der Waals surface area contributed by atoms with E-state index >= 15 is 0 Å².